The minimum absolute atomic E-state index is 0.0122. The summed E-state index contributed by atoms with van der Waals surface area (Å²) in [6.07, 6.45) is 0.301. The predicted octanol–water partition coefficient (Wildman–Crippen LogP) is 0.610. The van der Waals surface area contributed by atoms with Crippen molar-refractivity contribution in [3.05, 3.63) is 68.8 Å². The zero-order chi connectivity index (χ0) is 15.4. The molecule has 2 N–H and O–H groups in total. The molecule has 0 aliphatic carbocycles. The molecule has 0 aliphatic heterocycles. The summed E-state index contributed by atoms with van der Waals surface area (Å²) in [5, 5.41) is 21.3. The van der Waals surface area contributed by atoms with E-state index < -0.39 is 9.85 Å². The van der Waals surface area contributed by atoms with Crippen molar-refractivity contribution in [2.75, 3.05) is 6.44 Å². The van der Waals surface area contributed by atoms with Crippen LogP contribution in [0.5, 0.6) is 0 Å². The summed E-state index contributed by atoms with van der Waals surface area (Å²) in [4.78, 5) is 20.3. The Labute approximate surface area is 120 Å². The Morgan fingerprint density at radius 1 is 0.810 bits per heavy atom. The van der Waals surface area contributed by atoms with Crippen LogP contribution < -0.4 is 16.7 Å². The third-order valence-electron chi connectivity index (χ3n) is 3.25. The number of rotatable bonds is 5. The third kappa shape index (κ3) is 3.23. The van der Waals surface area contributed by atoms with Gasteiger partial charge in [0.2, 0.25) is 6.71 Å². The number of hydrogen-bond acceptors (Lipinski definition) is 5. The standard InChI is InChI=1S/C13H12BN3O4/c15-9-14(10-1-5-12(6-2-10)16(18)19)11-3-7-13(8-4-11)17(20)21/h1-8H,9,15H2. The van der Waals surface area contributed by atoms with Crippen molar-refractivity contribution in [1.82, 2.24) is 0 Å². The lowest BCUT2D eigenvalue weighted by Gasteiger charge is -2.11. The highest BCUT2D eigenvalue weighted by atomic mass is 16.6. The number of hydrogen-bond donors (Lipinski definition) is 1. The maximum atomic E-state index is 10.6. The molecule has 0 bridgehead atoms. The first-order valence-corrected chi connectivity index (χ1v) is 6.21. The molecule has 2 aromatic carbocycles. The van der Waals surface area contributed by atoms with Crippen LogP contribution in [0.15, 0.2) is 48.5 Å². The summed E-state index contributed by atoms with van der Waals surface area (Å²) in [5.41, 5.74) is 7.45. The molecule has 7 nitrogen and oxygen atoms in total. The lowest BCUT2D eigenvalue weighted by Crippen LogP contribution is -2.48. The molecule has 0 unspecified atom stereocenters. The number of nitrogens with zero attached hydrogens (tertiary/aromatic N) is 2. The van der Waals surface area contributed by atoms with Gasteiger partial charge in [-0.15, -0.1) is 0 Å². The molecule has 0 amide bonds. The third-order valence-corrected chi connectivity index (χ3v) is 3.25. The summed E-state index contributed by atoms with van der Waals surface area (Å²) < 4.78 is 0. The van der Waals surface area contributed by atoms with E-state index >= 15 is 0 Å². The molecular formula is C13H12BN3O4. The van der Waals surface area contributed by atoms with Crippen molar-refractivity contribution in [1.29, 1.82) is 0 Å². The second kappa shape index (κ2) is 6.14. The Balaban J connectivity index is 2.30. The topological polar surface area (TPSA) is 112 Å². The van der Waals surface area contributed by atoms with Gasteiger partial charge < -0.3 is 5.73 Å². The average molecular weight is 285 g/mol. The summed E-state index contributed by atoms with van der Waals surface area (Å²) in [5.74, 6) is 0. The second-order valence-corrected chi connectivity index (χ2v) is 4.49. The van der Waals surface area contributed by atoms with E-state index in [0.29, 0.717) is 6.44 Å². The molecule has 0 fully saturated rings. The molecule has 0 saturated heterocycles. The molecule has 2 rings (SSSR count). The number of non-ortho nitro benzene ring substituents is 2. The molecule has 0 atom stereocenters. The van der Waals surface area contributed by atoms with Gasteiger partial charge in [0.05, 0.1) is 9.85 Å². The molecule has 0 saturated carbocycles. The fourth-order valence-electron chi connectivity index (χ4n) is 2.12. The van der Waals surface area contributed by atoms with Crippen LogP contribution in [0.25, 0.3) is 0 Å². The van der Waals surface area contributed by atoms with Crippen molar-refractivity contribution in [3.63, 3.8) is 0 Å². The normalized spacial score (nSPS) is 10.1. The van der Waals surface area contributed by atoms with Crippen molar-refractivity contribution in [2.45, 2.75) is 0 Å². The van der Waals surface area contributed by atoms with Gasteiger partial charge >= 0.3 is 0 Å². The van der Waals surface area contributed by atoms with Gasteiger partial charge in [-0.05, 0) is 6.44 Å². The van der Waals surface area contributed by atoms with Crippen LogP contribution >= 0.6 is 0 Å². The summed E-state index contributed by atoms with van der Waals surface area (Å²) in [6, 6.07) is 12.3. The van der Waals surface area contributed by atoms with Crippen LogP contribution in [0.4, 0.5) is 11.4 Å². The van der Waals surface area contributed by atoms with Crippen molar-refractivity contribution >= 4 is 29.0 Å². The van der Waals surface area contributed by atoms with Gasteiger partial charge in [0.1, 0.15) is 0 Å². The van der Waals surface area contributed by atoms with E-state index in [0.717, 1.165) is 10.9 Å². The van der Waals surface area contributed by atoms with Crippen LogP contribution in [0.2, 0.25) is 0 Å². The average Bonchev–Trinajstić information content (AvgIpc) is 2.49. The molecule has 106 valence electrons. The molecule has 0 heterocycles. The first-order valence-electron chi connectivity index (χ1n) is 6.21. The molecule has 0 aromatic heterocycles. The number of benzene rings is 2. The van der Waals surface area contributed by atoms with Crippen LogP contribution in [0, 0.1) is 20.2 Å². The fraction of sp³-hybridized carbons (Fsp3) is 0.0769. The van der Waals surface area contributed by atoms with Crippen LogP contribution in [0.1, 0.15) is 0 Å². The van der Waals surface area contributed by atoms with E-state index in [1.54, 1.807) is 24.3 Å². The largest absolute Gasteiger partial charge is 0.337 e. The minimum Gasteiger partial charge on any atom is -0.337 e. The highest BCUT2D eigenvalue weighted by molar-refractivity contribution is 6.85. The monoisotopic (exact) mass is 285 g/mol. The summed E-state index contributed by atoms with van der Waals surface area (Å²) >= 11 is 0. The molecule has 2 aromatic rings. The van der Waals surface area contributed by atoms with Crippen LogP contribution in [0.3, 0.4) is 0 Å². The van der Waals surface area contributed by atoms with E-state index in [1.807, 2.05) is 0 Å². The Hall–Kier alpha value is -2.74. The Bertz CT molecular complexity index is 601. The smallest absolute Gasteiger partial charge is 0.269 e. The molecule has 8 heteroatoms. The molecule has 21 heavy (non-hydrogen) atoms. The Morgan fingerprint density at radius 2 is 1.14 bits per heavy atom. The van der Waals surface area contributed by atoms with Crippen molar-refractivity contribution < 1.29 is 9.85 Å². The van der Waals surface area contributed by atoms with Crippen molar-refractivity contribution in [2.24, 2.45) is 5.73 Å². The predicted molar refractivity (Wildman–Crippen MR) is 80.3 cm³/mol. The first kappa shape index (κ1) is 14.7. The van der Waals surface area contributed by atoms with E-state index in [4.69, 9.17) is 5.73 Å². The first-order chi connectivity index (χ1) is 10.0. The maximum absolute atomic E-state index is 10.6. The minimum atomic E-state index is -0.465. The quantitative estimate of drug-likeness (QED) is 0.491. The van der Waals surface area contributed by atoms with Crippen LogP contribution in [-0.4, -0.2) is 23.0 Å². The zero-order valence-electron chi connectivity index (χ0n) is 11.0. The Morgan fingerprint density at radius 3 is 1.38 bits per heavy atom. The van der Waals surface area contributed by atoms with E-state index in [-0.39, 0.29) is 18.1 Å². The number of nitrogens with two attached hydrogens (primary N) is 1. The highest BCUT2D eigenvalue weighted by Gasteiger charge is 2.19. The second-order valence-electron chi connectivity index (χ2n) is 4.49. The molecule has 0 radical (unpaired) electrons. The number of nitro benzene ring substituents is 2. The Kier molecular flexibility index (Phi) is 4.29. The van der Waals surface area contributed by atoms with Gasteiger partial charge in [0.25, 0.3) is 11.4 Å². The maximum Gasteiger partial charge on any atom is 0.269 e. The van der Waals surface area contributed by atoms with Gasteiger partial charge in [0, 0.05) is 24.3 Å². The SMILES string of the molecule is NCB(c1ccc([N+](=O)[O-])cc1)c1ccc([N+](=O)[O-])cc1. The van der Waals surface area contributed by atoms with E-state index in [1.165, 1.54) is 24.3 Å². The molecule has 0 spiro atoms. The zero-order valence-corrected chi connectivity index (χ0v) is 11.0. The van der Waals surface area contributed by atoms with Gasteiger partial charge in [-0.25, -0.2) is 0 Å². The lowest BCUT2D eigenvalue weighted by molar-refractivity contribution is -0.385. The molecular weight excluding hydrogens is 273 g/mol. The fourth-order valence-corrected chi connectivity index (χ4v) is 2.12. The van der Waals surface area contributed by atoms with E-state index in [9.17, 15) is 20.2 Å². The van der Waals surface area contributed by atoms with Gasteiger partial charge in [0.15, 0.2) is 0 Å². The van der Waals surface area contributed by atoms with Gasteiger partial charge in [-0.2, -0.15) is 0 Å². The highest BCUT2D eigenvalue weighted by Crippen LogP contribution is 2.09. The molecule has 0 aliphatic rings. The number of nitro groups is 2. The van der Waals surface area contributed by atoms with E-state index in [2.05, 4.69) is 0 Å². The van der Waals surface area contributed by atoms with Crippen molar-refractivity contribution in [3.8, 4) is 0 Å². The lowest BCUT2D eigenvalue weighted by atomic mass is 9.41. The van der Waals surface area contributed by atoms with Crippen LogP contribution in [-0.2, 0) is 0 Å². The summed E-state index contributed by atoms with van der Waals surface area (Å²) in [6.45, 7) is -0.161. The van der Waals surface area contributed by atoms with Gasteiger partial charge in [-0.1, -0.05) is 35.2 Å². The summed E-state index contributed by atoms with van der Waals surface area (Å²) in [7, 11) is 0. The van der Waals surface area contributed by atoms with Gasteiger partial charge in [-0.3, -0.25) is 20.2 Å².